The van der Waals surface area contributed by atoms with Crippen molar-refractivity contribution in [1.29, 1.82) is 0 Å². The maximum absolute atomic E-state index is 4.48. The normalized spacial score (nSPS) is 24.4. The molecule has 1 aromatic heterocycles. The third kappa shape index (κ3) is 2.94. The Bertz CT molecular complexity index is 395. The molecule has 0 amide bonds. The number of rotatable bonds is 4. The van der Waals surface area contributed by atoms with E-state index in [0.29, 0.717) is 6.04 Å². The van der Waals surface area contributed by atoms with Crippen LogP contribution >= 0.6 is 0 Å². The number of hydrogen-bond acceptors (Lipinski definition) is 2. The molecule has 1 aromatic rings. The van der Waals surface area contributed by atoms with Crippen molar-refractivity contribution < 1.29 is 0 Å². The summed E-state index contributed by atoms with van der Waals surface area (Å²) in [7, 11) is 2.03. The van der Waals surface area contributed by atoms with Crippen molar-refractivity contribution >= 4 is 0 Å². The minimum atomic E-state index is 0.711. The van der Waals surface area contributed by atoms with Crippen LogP contribution in [0, 0.1) is 19.8 Å². The standard InChI is InChI=1S/C15H27N3/c1-5-13-7-6-8-14(9-13)16-10-15-11(2)17-18(4)12(15)3/h13-14,16H,5-10H2,1-4H3. The Kier molecular flexibility index (Phi) is 4.44. The SMILES string of the molecule is CCC1CCCC(NCc2c(C)nn(C)c2C)C1. The van der Waals surface area contributed by atoms with Crippen molar-refractivity contribution in [2.75, 3.05) is 0 Å². The lowest BCUT2D eigenvalue weighted by Gasteiger charge is -2.29. The second-order valence-electron chi connectivity index (χ2n) is 5.79. The van der Waals surface area contributed by atoms with Crippen molar-refractivity contribution in [2.24, 2.45) is 13.0 Å². The molecule has 0 aliphatic heterocycles. The Morgan fingerprint density at radius 2 is 2.11 bits per heavy atom. The summed E-state index contributed by atoms with van der Waals surface area (Å²) in [5.41, 5.74) is 3.85. The molecule has 1 aliphatic rings. The molecule has 0 radical (unpaired) electrons. The van der Waals surface area contributed by atoms with Crippen molar-refractivity contribution in [3.8, 4) is 0 Å². The van der Waals surface area contributed by atoms with E-state index in [1.807, 2.05) is 11.7 Å². The smallest absolute Gasteiger partial charge is 0.0641 e. The van der Waals surface area contributed by atoms with E-state index in [1.165, 1.54) is 49.1 Å². The van der Waals surface area contributed by atoms with E-state index in [9.17, 15) is 0 Å². The number of aryl methyl sites for hydroxylation is 2. The van der Waals surface area contributed by atoms with Crippen LogP contribution in [0.3, 0.4) is 0 Å². The summed E-state index contributed by atoms with van der Waals surface area (Å²) in [6, 6.07) is 0.711. The van der Waals surface area contributed by atoms with Gasteiger partial charge in [-0.1, -0.05) is 26.2 Å². The Morgan fingerprint density at radius 3 is 2.72 bits per heavy atom. The first-order valence-corrected chi connectivity index (χ1v) is 7.34. The van der Waals surface area contributed by atoms with E-state index < -0.39 is 0 Å². The number of hydrogen-bond donors (Lipinski definition) is 1. The molecule has 3 nitrogen and oxygen atoms in total. The van der Waals surface area contributed by atoms with Crippen LogP contribution in [0.25, 0.3) is 0 Å². The van der Waals surface area contributed by atoms with Gasteiger partial charge in [0.2, 0.25) is 0 Å². The van der Waals surface area contributed by atoms with Gasteiger partial charge in [-0.05, 0) is 32.6 Å². The van der Waals surface area contributed by atoms with E-state index in [1.54, 1.807) is 0 Å². The molecule has 102 valence electrons. The predicted octanol–water partition coefficient (Wildman–Crippen LogP) is 3.10. The van der Waals surface area contributed by atoms with Gasteiger partial charge in [0, 0.05) is 30.9 Å². The fourth-order valence-electron chi connectivity index (χ4n) is 3.17. The lowest BCUT2D eigenvalue weighted by atomic mass is 9.84. The van der Waals surface area contributed by atoms with E-state index in [4.69, 9.17) is 0 Å². The van der Waals surface area contributed by atoms with E-state index in [2.05, 4.69) is 31.2 Å². The van der Waals surface area contributed by atoms with Crippen molar-refractivity contribution in [2.45, 2.75) is 65.5 Å². The third-order valence-corrected chi connectivity index (χ3v) is 4.59. The summed E-state index contributed by atoms with van der Waals surface area (Å²) in [5.74, 6) is 0.937. The zero-order chi connectivity index (χ0) is 13.1. The van der Waals surface area contributed by atoms with Crippen LogP contribution < -0.4 is 5.32 Å². The molecule has 1 saturated carbocycles. The molecule has 0 spiro atoms. The monoisotopic (exact) mass is 249 g/mol. The fourth-order valence-corrected chi connectivity index (χ4v) is 3.17. The Morgan fingerprint density at radius 1 is 1.33 bits per heavy atom. The molecule has 1 N–H and O–H groups in total. The van der Waals surface area contributed by atoms with Gasteiger partial charge >= 0.3 is 0 Å². The minimum absolute atomic E-state index is 0.711. The van der Waals surface area contributed by atoms with Crippen molar-refractivity contribution in [3.63, 3.8) is 0 Å². The second kappa shape index (κ2) is 5.87. The molecule has 1 heterocycles. The highest BCUT2D eigenvalue weighted by molar-refractivity contribution is 5.24. The molecule has 3 heteroatoms. The van der Waals surface area contributed by atoms with E-state index >= 15 is 0 Å². The third-order valence-electron chi connectivity index (χ3n) is 4.59. The Balaban J connectivity index is 1.91. The average Bonchev–Trinajstić information content (AvgIpc) is 2.61. The molecule has 2 atom stereocenters. The molecular formula is C15H27N3. The first-order valence-electron chi connectivity index (χ1n) is 7.34. The topological polar surface area (TPSA) is 29.9 Å². The first-order chi connectivity index (χ1) is 8.61. The van der Waals surface area contributed by atoms with Gasteiger partial charge in [-0.2, -0.15) is 5.10 Å². The summed E-state index contributed by atoms with van der Waals surface area (Å²) in [4.78, 5) is 0. The molecule has 2 unspecified atom stereocenters. The van der Waals surface area contributed by atoms with Crippen LogP contribution in [0.15, 0.2) is 0 Å². The number of nitrogens with one attached hydrogen (secondary N) is 1. The molecule has 1 aliphatic carbocycles. The summed E-state index contributed by atoms with van der Waals surface area (Å²) in [5, 5.41) is 8.23. The second-order valence-corrected chi connectivity index (χ2v) is 5.79. The van der Waals surface area contributed by atoms with Gasteiger partial charge in [0.05, 0.1) is 5.69 Å². The Hall–Kier alpha value is -0.830. The molecule has 18 heavy (non-hydrogen) atoms. The molecule has 1 fully saturated rings. The average molecular weight is 249 g/mol. The highest BCUT2D eigenvalue weighted by Gasteiger charge is 2.20. The summed E-state index contributed by atoms with van der Waals surface area (Å²) >= 11 is 0. The molecular weight excluding hydrogens is 222 g/mol. The van der Waals surface area contributed by atoms with E-state index in [-0.39, 0.29) is 0 Å². The highest BCUT2D eigenvalue weighted by Crippen LogP contribution is 2.26. The minimum Gasteiger partial charge on any atom is -0.310 e. The molecule has 0 bridgehead atoms. The maximum atomic E-state index is 4.48. The van der Waals surface area contributed by atoms with Crippen LogP contribution in [0.2, 0.25) is 0 Å². The van der Waals surface area contributed by atoms with Crippen LogP contribution in [-0.2, 0) is 13.6 Å². The maximum Gasteiger partial charge on any atom is 0.0641 e. The summed E-state index contributed by atoms with van der Waals surface area (Å²) in [6.07, 6.45) is 6.85. The number of nitrogens with zero attached hydrogens (tertiary/aromatic N) is 2. The van der Waals surface area contributed by atoms with Crippen LogP contribution in [0.4, 0.5) is 0 Å². The molecule has 2 rings (SSSR count). The largest absolute Gasteiger partial charge is 0.310 e. The van der Waals surface area contributed by atoms with Crippen LogP contribution in [-0.4, -0.2) is 15.8 Å². The van der Waals surface area contributed by atoms with Gasteiger partial charge in [-0.15, -0.1) is 0 Å². The highest BCUT2D eigenvalue weighted by atomic mass is 15.3. The zero-order valence-electron chi connectivity index (χ0n) is 12.3. The summed E-state index contributed by atoms with van der Waals surface area (Å²) in [6.45, 7) is 7.57. The summed E-state index contributed by atoms with van der Waals surface area (Å²) < 4.78 is 1.99. The Labute approximate surface area is 111 Å². The quantitative estimate of drug-likeness (QED) is 0.888. The van der Waals surface area contributed by atoms with Crippen LogP contribution in [0.1, 0.15) is 56.0 Å². The lowest BCUT2D eigenvalue weighted by molar-refractivity contribution is 0.278. The molecule has 0 saturated heterocycles. The van der Waals surface area contributed by atoms with Gasteiger partial charge < -0.3 is 5.32 Å². The van der Waals surface area contributed by atoms with Gasteiger partial charge in [0.15, 0.2) is 0 Å². The number of aromatic nitrogens is 2. The van der Waals surface area contributed by atoms with Crippen molar-refractivity contribution in [3.05, 3.63) is 17.0 Å². The van der Waals surface area contributed by atoms with Gasteiger partial charge in [-0.3, -0.25) is 4.68 Å². The van der Waals surface area contributed by atoms with Crippen LogP contribution in [0.5, 0.6) is 0 Å². The van der Waals surface area contributed by atoms with E-state index in [0.717, 1.165) is 12.5 Å². The zero-order valence-corrected chi connectivity index (χ0v) is 12.3. The van der Waals surface area contributed by atoms with Crippen molar-refractivity contribution in [1.82, 2.24) is 15.1 Å². The lowest BCUT2D eigenvalue weighted by Crippen LogP contribution is -2.33. The fraction of sp³-hybridized carbons (Fsp3) is 0.800. The van der Waals surface area contributed by atoms with Gasteiger partial charge in [0.25, 0.3) is 0 Å². The molecule has 0 aromatic carbocycles. The van der Waals surface area contributed by atoms with Gasteiger partial charge in [0.1, 0.15) is 0 Å². The predicted molar refractivity (Wildman–Crippen MR) is 75.6 cm³/mol. The van der Waals surface area contributed by atoms with Gasteiger partial charge in [-0.25, -0.2) is 0 Å². The first kappa shape index (κ1) is 13.6.